The van der Waals surface area contributed by atoms with Crippen LogP contribution in [0.1, 0.15) is 77.0 Å². The maximum absolute atomic E-state index is 13.8. The Labute approximate surface area is 432 Å². The average molecular weight is 1100 g/mol. The molecule has 3 fully saturated rings. The summed E-state index contributed by atoms with van der Waals surface area (Å²) in [6, 6.07) is 26.5. The summed E-state index contributed by atoms with van der Waals surface area (Å²) in [6.45, 7) is 0. The molecule has 0 radical (unpaired) electrons. The highest BCUT2D eigenvalue weighted by atomic mass is 32.2. The first-order valence-corrected chi connectivity index (χ1v) is 28.6. The summed E-state index contributed by atoms with van der Waals surface area (Å²) in [5.74, 6) is -3.95. The number of halogens is 6. The van der Waals surface area contributed by atoms with Crippen molar-refractivity contribution in [1.82, 2.24) is 14.2 Å². The molecule has 21 heteroatoms. The summed E-state index contributed by atoms with van der Waals surface area (Å²) in [5, 5.41) is 19.0. The second kappa shape index (κ2) is 24.9. The van der Waals surface area contributed by atoms with Gasteiger partial charge in [-0.05, 0) is 154 Å². The van der Waals surface area contributed by atoms with Gasteiger partial charge in [-0.15, -0.1) is 0 Å². The summed E-state index contributed by atoms with van der Waals surface area (Å²) in [5.41, 5.74) is 2.01. The smallest absolute Gasteiger partial charge is 0.240 e. The second-order valence-electron chi connectivity index (χ2n) is 18.6. The Morgan fingerprint density at radius 2 is 0.613 bits per heavy atom. The van der Waals surface area contributed by atoms with Crippen molar-refractivity contribution >= 4 is 35.9 Å². The molecule has 3 saturated carbocycles. The van der Waals surface area contributed by atoms with Crippen LogP contribution in [-0.2, 0) is 34.9 Å². The molecule has 0 amide bonds. The Balaban J connectivity index is 0.000000164. The van der Waals surface area contributed by atoms with E-state index in [2.05, 4.69) is 14.2 Å². The van der Waals surface area contributed by atoms with Crippen LogP contribution in [0, 0.1) is 34.9 Å². The predicted octanol–water partition coefficient (Wildman–Crippen LogP) is 9.85. The fourth-order valence-electron chi connectivity index (χ4n) is 8.92. The fraction of sp³-hybridized carbons (Fsp3) is 0.315. The van der Waals surface area contributed by atoms with Gasteiger partial charge in [0.15, 0.2) is 0 Å². The van der Waals surface area contributed by atoms with E-state index in [0.717, 1.165) is 36.4 Å². The van der Waals surface area contributed by atoms with Crippen molar-refractivity contribution in [2.45, 2.75) is 122 Å². The van der Waals surface area contributed by atoms with Crippen molar-refractivity contribution in [2.24, 2.45) is 0 Å². The average Bonchev–Trinajstić information content (AvgIpc) is 3.36. The number of sulfonamides is 3. The predicted molar refractivity (Wildman–Crippen MR) is 270 cm³/mol. The van der Waals surface area contributed by atoms with Crippen molar-refractivity contribution in [3.8, 4) is 33.4 Å². The van der Waals surface area contributed by atoms with E-state index in [1.54, 1.807) is 0 Å². The molecule has 400 valence electrons. The van der Waals surface area contributed by atoms with Crippen LogP contribution in [0.2, 0.25) is 0 Å². The van der Waals surface area contributed by atoms with Crippen LogP contribution in [0.3, 0.4) is 0 Å². The van der Waals surface area contributed by atoms with Crippen LogP contribution in [0.15, 0.2) is 142 Å². The molecule has 9 rings (SSSR count). The van der Waals surface area contributed by atoms with Gasteiger partial charge in [0.25, 0.3) is 0 Å². The zero-order chi connectivity index (χ0) is 54.1. The molecule has 3 aliphatic carbocycles. The largest absolute Gasteiger partial charge is 0.393 e. The van der Waals surface area contributed by atoms with Gasteiger partial charge in [0, 0.05) is 65.9 Å². The number of aliphatic hydroxyl groups excluding tert-OH is 2. The van der Waals surface area contributed by atoms with Crippen LogP contribution in [-0.4, -0.2) is 71.6 Å². The maximum Gasteiger partial charge on any atom is 0.240 e. The minimum Gasteiger partial charge on any atom is -0.393 e. The summed E-state index contributed by atoms with van der Waals surface area (Å²) >= 11 is 0. The minimum absolute atomic E-state index is 0.0654. The van der Waals surface area contributed by atoms with E-state index in [-0.39, 0.29) is 67.5 Å². The van der Waals surface area contributed by atoms with Crippen molar-refractivity contribution in [2.75, 3.05) is 0 Å². The van der Waals surface area contributed by atoms with Gasteiger partial charge in [0.2, 0.25) is 30.1 Å². The van der Waals surface area contributed by atoms with Gasteiger partial charge in [0.05, 0.1) is 26.9 Å². The Kier molecular flexibility index (Phi) is 18.9. The van der Waals surface area contributed by atoms with Gasteiger partial charge in [0.1, 0.15) is 40.7 Å². The number of hydrogen-bond donors (Lipinski definition) is 5. The number of rotatable bonds is 12. The highest BCUT2D eigenvalue weighted by molar-refractivity contribution is 7.90. The van der Waals surface area contributed by atoms with Crippen molar-refractivity contribution in [1.29, 1.82) is 0 Å². The van der Waals surface area contributed by atoms with E-state index in [1.165, 1.54) is 91.0 Å². The molecule has 0 aliphatic heterocycles. The van der Waals surface area contributed by atoms with Gasteiger partial charge < -0.3 is 10.2 Å². The Hall–Kier alpha value is -5.78. The van der Waals surface area contributed by atoms with E-state index in [0.29, 0.717) is 93.7 Å². The molecule has 75 heavy (non-hydrogen) atoms. The first-order chi connectivity index (χ1) is 35.5. The first kappa shape index (κ1) is 56.9. The summed E-state index contributed by atoms with van der Waals surface area (Å²) < 4.78 is 163. The number of hydrogen-bond acceptors (Lipinski definition) is 9. The number of aliphatic hydroxyl groups is 2. The molecule has 0 saturated heterocycles. The molecular formula is C54H55F6N3O9S3. The molecule has 6 aromatic rings. The Bertz CT molecular complexity index is 3130. The lowest BCUT2D eigenvalue weighted by Crippen LogP contribution is -2.38. The van der Waals surface area contributed by atoms with Gasteiger partial charge in [-0.3, -0.25) is 4.79 Å². The van der Waals surface area contributed by atoms with Crippen LogP contribution in [0.25, 0.3) is 33.4 Å². The van der Waals surface area contributed by atoms with E-state index in [4.69, 9.17) is 0 Å². The van der Waals surface area contributed by atoms with Gasteiger partial charge in [-0.2, -0.15) is 0 Å². The van der Waals surface area contributed by atoms with Gasteiger partial charge in [-0.25, -0.2) is 65.8 Å². The minimum atomic E-state index is -3.71. The SMILES string of the molecule is O=C1CCC(NS(=O)(=O)c2ccc(-c3ccc(F)cc3F)cc2)CC1.O=S(=O)(NC1CCC(O)CC1)c1ccc(-c2ccc(F)cc2F)cc1.O=S(=O)(NC1CCC(O)CC1)c1ccc(-c2ccc(F)cc2F)cc1. The quantitative estimate of drug-likeness (QED) is 0.0741. The van der Waals surface area contributed by atoms with E-state index in [1.807, 2.05) is 0 Å². The zero-order valence-corrected chi connectivity index (χ0v) is 42.7. The number of Topliss-reactive ketones (excluding diaryl/α,β-unsaturated/α-hetero) is 1. The topological polar surface area (TPSA) is 196 Å². The van der Waals surface area contributed by atoms with E-state index >= 15 is 0 Å². The van der Waals surface area contributed by atoms with Crippen LogP contribution in [0.5, 0.6) is 0 Å². The normalized spacial score (nSPS) is 19.5. The summed E-state index contributed by atoms with van der Waals surface area (Å²) in [6.07, 6.45) is 5.76. The van der Waals surface area contributed by atoms with Crippen LogP contribution >= 0.6 is 0 Å². The van der Waals surface area contributed by atoms with Crippen molar-refractivity contribution < 1.29 is 66.6 Å². The molecule has 0 spiro atoms. The molecule has 0 bridgehead atoms. The number of benzene rings is 6. The number of nitrogens with one attached hydrogen (secondary N) is 3. The van der Waals surface area contributed by atoms with E-state index in [9.17, 15) is 66.6 Å². The highest BCUT2D eigenvalue weighted by Crippen LogP contribution is 2.29. The van der Waals surface area contributed by atoms with Gasteiger partial charge >= 0.3 is 0 Å². The third-order valence-electron chi connectivity index (χ3n) is 13.1. The lowest BCUT2D eigenvalue weighted by Gasteiger charge is -2.26. The summed E-state index contributed by atoms with van der Waals surface area (Å²) in [4.78, 5) is 11.5. The molecule has 5 N–H and O–H groups in total. The molecule has 0 unspecified atom stereocenters. The van der Waals surface area contributed by atoms with Gasteiger partial charge in [-0.1, -0.05) is 36.4 Å². The third-order valence-corrected chi connectivity index (χ3v) is 17.7. The number of ketones is 1. The molecular weight excluding hydrogens is 1040 g/mol. The summed E-state index contributed by atoms with van der Waals surface area (Å²) in [7, 11) is -11.1. The lowest BCUT2D eigenvalue weighted by molar-refractivity contribution is -0.120. The standard InChI is InChI=1S/2C18H19F2NO3S.C18H17F2NO3S/c3*19-13-3-10-17(18(20)11-13)12-1-8-16(9-2-12)25(23,24)21-14-4-6-15(22)7-5-14/h2*1-3,8-11,14-15,21-22H,4-7H2;1-3,8-11,14,21H,4-7H2. The van der Waals surface area contributed by atoms with Crippen molar-refractivity contribution in [3.05, 3.63) is 162 Å². The molecule has 0 atom stereocenters. The zero-order valence-electron chi connectivity index (χ0n) is 40.2. The van der Waals surface area contributed by atoms with Crippen LogP contribution in [0.4, 0.5) is 26.3 Å². The molecule has 0 heterocycles. The van der Waals surface area contributed by atoms with Crippen LogP contribution < -0.4 is 14.2 Å². The third kappa shape index (κ3) is 15.7. The highest BCUT2D eigenvalue weighted by Gasteiger charge is 2.28. The molecule has 3 aliphatic rings. The Morgan fingerprint density at radius 3 is 0.867 bits per heavy atom. The Morgan fingerprint density at radius 1 is 0.360 bits per heavy atom. The number of carbonyl (C=O) groups is 1. The second-order valence-corrected chi connectivity index (χ2v) is 23.8. The molecule has 12 nitrogen and oxygen atoms in total. The first-order valence-electron chi connectivity index (χ1n) is 24.2. The molecule has 0 aromatic heterocycles. The molecule has 6 aromatic carbocycles. The van der Waals surface area contributed by atoms with E-state index < -0.39 is 65.0 Å². The lowest BCUT2D eigenvalue weighted by atomic mass is 9.94. The van der Waals surface area contributed by atoms with Crippen molar-refractivity contribution in [3.63, 3.8) is 0 Å². The maximum atomic E-state index is 13.8. The number of carbonyl (C=O) groups excluding carboxylic acids is 1. The monoisotopic (exact) mass is 1100 g/mol. The fourth-order valence-corrected chi connectivity index (χ4v) is 12.8.